The van der Waals surface area contributed by atoms with Crippen LogP contribution in [0.2, 0.25) is 0 Å². The van der Waals surface area contributed by atoms with E-state index in [1.54, 1.807) is 11.0 Å². The van der Waals surface area contributed by atoms with E-state index in [0.29, 0.717) is 0 Å². The molecule has 0 bridgehead atoms. The Morgan fingerprint density at radius 1 is 1.42 bits per heavy atom. The third-order valence-corrected chi connectivity index (χ3v) is 1.85. The Hall–Kier alpha value is -1.45. The lowest BCUT2D eigenvalue weighted by molar-refractivity contribution is 0.775. The van der Waals surface area contributed by atoms with Crippen molar-refractivity contribution in [2.45, 2.75) is 13.3 Å². The molecule has 0 saturated heterocycles. The van der Waals surface area contributed by atoms with Crippen LogP contribution in [0.15, 0.2) is 12.5 Å². The van der Waals surface area contributed by atoms with Gasteiger partial charge in [-0.05, 0) is 6.42 Å². The molecule has 0 fully saturated rings. The summed E-state index contributed by atoms with van der Waals surface area (Å²) < 4.78 is 1.76. The number of hydrogen-bond acceptors (Lipinski definition) is 3. The van der Waals surface area contributed by atoms with Gasteiger partial charge in [0.2, 0.25) is 0 Å². The summed E-state index contributed by atoms with van der Waals surface area (Å²) in [5, 5.41) is 5.25. The number of hydrogen-bond donors (Lipinski definition) is 0. The maximum atomic E-state index is 4.19. The van der Waals surface area contributed by atoms with E-state index in [1.807, 2.05) is 13.2 Å². The second-order valence-electron chi connectivity index (χ2n) is 2.71. The smallest absolute Gasteiger partial charge is 0.184 e. The molecule has 0 radical (unpaired) electrons. The van der Waals surface area contributed by atoms with Gasteiger partial charge in [-0.3, -0.25) is 4.68 Å². The first kappa shape index (κ1) is 7.21. The van der Waals surface area contributed by atoms with Gasteiger partial charge in [0.25, 0.3) is 0 Å². The molecule has 0 atom stereocenters. The molecule has 0 aliphatic carbocycles. The minimum absolute atomic E-state index is 0.782. The van der Waals surface area contributed by atoms with Crippen molar-refractivity contribution in [2.24, 2.45) is 7.05 Å². The largest absolute Gasteiger partial charge is 0.273 e. The fourth-order valence-electron chi connectivity index (χ4n) is 1.28. The normalized spacial score (nSPS) is 10.8. The summed E-state index contributed by atoms with van der Waals surface area (Å²) in [6, 6.07) is 0. The van der Waals surface area contributed by atoms with E-state index >= 15 is 0 Å². The van der Waals surface area contributed by atoms with Crippen LogP contribution in [0.5, 0.6) is 0 Å². The molecule has 62 valence electrons. The van der Waals surface area contributed by atoms with Gasteiger partial charge < -0.3 is 0 Å². The quantitative estimate of drug-likeness (QED) is 0.626. The molecule has 0 unspecified atom stereocenters. The molecule has 12 heavy (non-hydrogen) atoms. The Morgan fingerprint density at radius 2 is 2.25 bits per heavy atom. The molecule has 0 aliphatic rings. The summed E-state index contributed by atoms with van der Waals surface area (Å²) in [7, 11) is 1.89. The molecule has 0 spiro atoms. The third kappa shape index (κ3) is 0.958. The van der Waals surface area contributed by atoms with Crippen LogP contribution in [0.4, 0.5) is 0 Å². The minimum atomic E-state index is 0.782. The Kier molecular flexibility index (Phi) is 1.53. The fraction of sp³-hybridized carbons (Fsp3) is 0.375. The SMILES string of the molecule is CCc1ncnc2nn(C)cc12. The summed E-state index contributed by atoms with van der Waals surface area (Å²) in [4.78, 5) is 8.24. The van der Waals surface area contributed by atoms with Gasteiger partial charge >= 0.3 is 0 Å². The molecule has 0 aliphatic heterocycles. The van der Waals surface area contributed by atoms with E-state index in [1.165, 1.54) is 0 Å². The van der Waals surface area contributed by atoms with Crippen LogP contribution < -0.4 is 0 Å². The maximum absolute atomic E-state index is 4.19. The number of rotatable bonds is 1. The third-order valence-electron chi connectivity index (χ3n) is 1.85. The van der Waals surface area contributed by atoms with E-state index < -0.39 is 0 Å². The summed E-state index contributed by atoms with van der Waals surface area (Å²) in [6.45, 7) is 2.08. The van der Waals surface area contributed by atoms with Crippen LogP contribution in [-0.4, -0.2) is 19.7 Å². The second-order valence-corrected chi connectivity index (χ2v) is 2.71. The molecule has 4 nitrogen and oxygen atoms in total. The van der Waals surface area contributed by atoms with Crippen LogP contribution in [-0.2, 0) is 13.5 Å². The molecule has 4 heteroatoms. The van der Waals surface area contributed by atoms with Gasteiger partial charge in [0.1, 0.15) is 6.33 Å². The van der Waals surface area contributed by atoms with Crippen molar-refractivity contribution in [1.29, 1.82) is 0 Å². The second kappa shape index (κ2) is 2.55. The highest BCUT2D eigenvalue weighted by Crippen LogP contribution is 2.11. The Labute approximate surface area is 70.3 Å². The van der Waals surface area contributed by atoms with Gasteiger partial charge in [0.15, 0.2) is 5.65 Å². The lowest BCUT2D eigenvalue weighted by atomic mass is 10.2. The number of aryl methyl sites for hydroxylation is 2. The molecule has 2 aromatic rings. The van der Waals surface area contributed by atoms with E-state index in [2.05, 4.69) is 22.0 Å². The molecular formula is C8H10N4. The van der Waals surface area contributed by atoms with Crippen LogP contribution in [0, 0.1) is 0 Å². The van der Waals surface area contributed by atoms with E-state index in [-0.39, 0.29) is 0 Å². The first-order chi connectivity index (χ1) is 5.81. The van der Waals surface area contributed by atoms with Gasteiger partial charge in [-0.1, -0.05) is 6.92 Å². The number of aromatic nitrogens is 4. The van der Waals surface area contributed by atoms with Gasteiger partial charge in [0.05, 0.1) is 11.1 Å². The van der Waals surface area contributed by atoms with Crippen molar-refractivity contribution in [2.75, 3.05) is 0 Å². The van der Waals surface area contributed by atoms with Crippen LogP contribution in [0.25, 0.3) is 11.0 Å². The van der Waals surface area contributed by atoms with Crippen LogP contribution >= 0.6 is 0 Å². The van der Waals surface area contributed by atoms with Crippen LogP contribution in [0.1, 0.15) is 12.6 Å². The molecular weight excluding hydrogens is 152 g/mol. The Bertz CT molecular complexity index is 404. The summed E-state index contributed by atoms with van der Waals surface area (Å²) in [5.74, 6) is 0. The molecule has 2 rings (SSSR count). The van der Waals surface area contributed by atoms with Gasteiger partial charge in [0, 0.05) is 13.2 Å². The predicted octanol–water partition coefficient (Wildman–Crippen LogP) is 0.926. The zero-order valence-corrected chi connectivity index (χ0v) is 7.15. The monoisotopic (exact) mass is 162 g/mol. The van der Waals surface area contributed by atoms with Crippen molar-refractivity contribution in [1.82, 2.24) is 19.7 Å². The van der Waals surface area contributed by atoms with Crippen LogP contribution in [0.3, 0.4) is 0 Å². The molecule has 0 amide bonds. The zero-order valence-electron chi connectivity index (χ0n) is 7.15. The lowest BCUT2D eigenvalue weighted by Crippen LogP contribution is -1.88. The van der Waals surface area contributed by atoms with E-state index in [4.69, 9.17) is 0 Å². The van der Waals surface area contributed by atoms with Crippen molar-refractivity contribution in [3.8, 4) is 0 Å². The fourth-order valence-corrected chi connectivity index (χ4v) is 1.28. The zero-order chi connectivity index (χ0) is 8.55. The van der Waals surface area contributed by atoms with Gasteiger partial charge in [-0.2, -0.15) is 5.10 Å². The van der Waals surface area contributed by atoms with Crippen molar-refractivity contribution in [3.05, 3.63) is 18.2 Å². The first-order valence-electron chi connectivity index (χ1n) is 3.94. The maximum Gasteiger partial charge on any atom is 0.184 e. The average Bonchev–Trinajstić information content (AvgIpc) is 2.44. The highest BCUT2D eigenvalue weighted by Gasteiger charge is 2.03. The summed E-state index contributed by atoms with van der Waals surface area (Å²) in [6.07, 6.45) is 4.44. The van der Waals surface area contributed by atoms with Gasteiger partial charge in [-0.15, -0.1) is 0 Å². The standard InChI is InChI=1S/C8H10N4/c1-3-7-6-4-12(2)11-8(6)10-5-9-7/h4-5H,3H2,1-2H3. The first-order valence-corrected chi connectivity index (χ1v) is 3.94. The van der Waals surface area contributed by atoms with Crippen molar-refractivity contribution < 1.29 is 0 Å². The van der Waals surface area contributed by atoms with Crippen molar-refractivity contribution in [3.63, 3.8) is 0 Å². The van der Waals surface area contributed by atoms with E-state index in [0.717, 1.165) is 23.1 Å². The Morgan fingerprint density at radius 3 is 3.00 bits per heavy atom. The van der Waals surface area contributed by atoms with Crippen molar-refractivity contribution >= 4 is 11.0 Å². The highest BCUT2D eigenvalue weighted by molar-refractivity contribution is 5.76. The minimum Gasteiger partial charge on any atom is -0.273 e. The topological polar surface area (TPSA) is 43.6 Å². The van der Waals surface area contributed by atoms with E-state index in [9.17, 15) is 0 Å². The van der Waals surface area contributed by atoms with Gasteiger partial charge in [-0.25, -0.2) is 9.97 Å². The highest BCUT2D eigenvalue weighted by atomic mass is 15.3. The molecule has 0 saturated carbocycles. The molecule has 2 heterocycles. The number of nitrogens with zero attached hydrogens (tertiary/aromatic N) is 4. The predicted molar refractivity (Wildman–Crippen MR) is 45.7 cm³/mol. The molecule has 2 aromatic heterocycles. The summed E-state index contributed by atoms with van der Waals surface area (Å²) >= 11 is 0. The Balaban J connectivity index is 2.78. The summed E-state index contributed by atoms with van der Waals surface area (Å²) in [5.41, 5.74) is 1.84. The number of fused-ring (bicyclic) bond motifs is 1. The molecule has 0 aromatic carbocycles. The average molecular weight is 162 g/mol. The molecule has 0 N–H and O–H groups in total. The lowest BCUT2D eigenvalue weighted by Gasteiger charge is -1.93.